The van der Waals surface area contributed by atoms with E-state index in [1.807, 2.05) is 0 Å². The van der Waals surface area contributed by atoms with Crippen LogP contribution in [0.4, 0.5) is 5.69 Å². The normalized spacial score (nSPS) is 17.4. The molecule has 0 radical (unpaired) electrons. The van der Waals surface area contributed by atoms with Crippen LogP contribution in [0.5, 0.6) is 0 Å². The Morgan fingerprint density at radius 3 is 3.10 bits per heavy atom. The summed E-state index contributed by atoms with van der Waals surface area (Å²) >= 11 is 6.06. The molecule has 1 aromatic rings. The minimum Gasteiger partial charge on any atom is -0.395 e. The van der Waals surface area contributed by atoms with E-state index in [0.29, 0.717) is 23.7 Å². The second-order valence-corrected chi connectivity index (χ2v) is 4.87. The number of halogens is 1. The number of anilines is 1. The number of amides is 1. The van der Waals surface area contributed by atoms with Crippen LogP contribution in [-0.4, -0.2) is 30.3 Å². The van der Waals surface area contributed by atoms with Crippen molar-refractivity contribution in [3.63, 3.8) is 0 Å². The molecular weight excluding hydrogens is 278 g/mol. The van der Waals surface area contributed by atoms with Gasteiger partial charge in [-0.05, 0) is 31.0 Å². The molecule has 1 atom stereocenters. The first-order chi connectivity index (χ1) is 9.70. The maximum absolute atomic E-state index is 12.0. The molecule has 20 heavy (non-hydrogen) atoms. The first-order valence-electron chi connectivity index (χ1n) is 6.52. The van der Waals surface area contributed by atoms with E-state index in [9.17, 15) is 4.79 Å². The average Bonchev–Trinajstić information content (AvgIpc) is 2.97. The third-order valence-corrected chi connectivity index (χ3v) is 3.25. The molecule has 1 aliphatic rings. The van der Waals surface area contributed by atoms with Gasteiger partial charge in [0.25, 0.3) is 5.91 Å². The van der Waals surface area contributed by atoms with Gasteiger partial charge in [-0.25, -0.2) is 0 Å². The zero-order chi connectivity index (χ0) is 14.4. The molecule has 2 rings (SSSR count). The maximum Gasteiger partial charge on any atom is 0.253 e. The molecule has 1 aromatic carbocycles. The SMILES string of the molecule is O=C(Nc1cc(C#CCCO)ccc1Cl)C1CCCO1. The fourth-order valence-electron chi connectivity index (χ4n) is 1.92. The summed E-state index contributed by atoms with van der Waals surface area (Å²) in [5.74, 6) is 5.55. The highest BCUT2D eigenvalue weighted by Crippen LogP contribution is 2.24. The number of carbonyl (C=O) groups excluding carboxylic acids is 1. The largest absolute Gasteiger partial charge is 0.395 e. The van der Waals surface area contributed by atoms with Gasteiger partial charge in [-0.15, -0.1) is 0 Å². The van der Waals surface area contributed by atoms with Gasteiger partial charge in [0.15, 0.2) is 0 Å². The number of aliphatic hydroxyl groups is 1. The van der Waals surface area contributed by atoms with E-state index in [1.165, 1.54) is 0 Å². The molecule has 1 unspecified atom stereocenters. The Hall–Kier alpha value is -1.54. The van der Waals surface area contributed by atoms with Crippen LogP contribution in [-0.2, 0) is 9.53 Å². The lowest BCUT2D eigenvalue weighted by atomic mass is 10.2. The number of aliphatic hydroxyl groups excluding tert-OH is 1. The van der Waals surface area contributed by atoms with Crippen molar-refractivity contribution in [3.05, 3.63) is 28.8 Å². The number of benzene rings is 1. The van der Waals surface area contributed by atoms with Crippen molar-refractivity contribution < 1.29 is 14.6 Å². The Morgan fingerprint density at radius 1 is 1.55 bits per heavy atom. The molecule has 2 N–H and O–H groups in total. The zero-order valence-corrected chi connectivity index (χ0v) is 11.7. The quantitative estimate of drug-likeness (QED) is 0.840. The Bertz CT molecular complexity index is 542. The first-order valence-corrected chi connectivity index (χ1v) is 6.90. The smallest absolute Gasteiger partial charge is 0.253 e. The van der Waals surface area contributed by atoms with Gasteiger partial charge in [0.05, 0.1) is 17.3 Å². The van der Waals surface area contributed by atoms with E-state index >= 15 is 0 Å². The van der Waals surface area contributed by atoms with Crippen LogP contribution < -0.4 is 5.32 Å². The molecule has 0 bridgehead atoms. The van der Waals surface area contributed by atoms with Crippen molar-refractivity contribution in [1.29, 1.82) is 0 Å². The highest BCUT2D eigenvalue weighted by Gasteiger charge is 2.24. The summed E-state index contributed by atoms with van der Waals surface area (Å²) in [5, 5.41) is 11.9. The Balaban J connectivity index is 2.08. The van der Waals surface area contributed by atoms with Gasteiger partial charge < -0.3 is 15.2 Å². The molecule has 0 saturated carbocycles. The maximum atomic E-state index is 12.0. The zero-order valence-electron chi connectivity index (χ0n) is 11.0. The lowest BCUT2D eigenvalue weighted by Crippen LogP contribution is -2.27. The van der Waals surface area contributed by atoms with E-state index in [0.717, 1.165) is 18.4 Å². The Labute approximate surface area is 123 Å². The Kier molecular flexibility index (Phi) is 5.42. The standard InChI is InChI=1S/C15H16ClNO3/c16-12-7-6-11(4-1-2-8-18)10-13(12)17-15(19)14-5-3-9-20-14/h6-7,10,14,18H,2-3,5,8-9H2,(H,17,19). The molecule has 0 aliphatic carbocycles. The number of ether oxygens (including phenoxy) is 1. The summed E-state index contributed by atoms with van der Waals surface area (Å²) in [7, 11) is 0. The molecule has 106 valence electrons. The monoisotopic (exact) mass is 293 g/mol. The molecule has 0 spiro atoms. The molecule has 1 heterocycles. The van der Waals surface area contributed by atoms with Crippen molar-refractivity contribution in [1.82, 2.24) is 0 Å². The molecule has 1 amide bonds. The van der Waals surface area contributed by atoms with Gasteiger partial charge in [0.1, 0.15) is 6.10 Å². The minimum absolute atomic E-state index is 0.0310. The summed E-state index contributed by atoms with van der Waals surface area (Å²) in [5.41, 5.74) is 1.27. The molecule has 1 fully saturated rings. The van der Waals surface area contributed by atoms with Crippen molar-refractivity contribution in [2.75, 3.05) is 18.5 Å². The predicted octanol–water partition coefficient (Wildman–Crippen LogP) is 2.19. The lowest BCUT2D eigenvalue weighted by Gasteiger charge is -2.11. The van der Waals surface area contributed by atoms with Crippen LogP contribution in [0, 0.1) is 11.8 Å². The molecular formula is C15H16ClNO3. The van der Waals surface area contributed by atoms with Gasteiger partial charge in [0.2, 0.25) is 0 Å². The van der Waals surface area contributed by atoms with E-state index in [1.54, 1.807) is 18.2 Å². The van der Waals surface area contributed by atoms with Crippen molar-refractivity contribution in [3.8, 4) is 11.8 Å². The van der Waals surface area contributed by atoms with Crippen LogP contribution in [0.3, 0.4) is 0 Å². The van der Waals surface area contributed by atoms with Crippen molar-refractivity contribution in [2.24, 2.45) is 0 Å². The molecule has 4 nitrogen and oxygen atoms in total. The van der Waals surface area contributed by atoms with Gasteiger partial charge >= 0.3 is 0 Å². The van der Waals surface area contributed by atoms with E-state index in [4.69, 9.17) is 21.4 Å². The topological polar surface area (TPSA) is 58.6 Å². The van der Waals surface area contributed by atoms with Crippen LogP contribution in [0.25, 0.3) is 0 Å². The van der Waals surface area contributed by atoms with E-state index in [2.05, 4.69) is 17.2 Å². The van der Waals surface area contributed by atoms with Crippen molar-refractivity contribution in [2.45, 2.75) is 25.4 Å². The fraction of sp³-hybridized carbons (Fsp3) is 0.400. The van der Waals surface area contributed by atoms with Crippen LogP contribution >= 0.6 is 11.6 Å². The number of carbonyl (C=O) groups is 1. The fourth-order valence-corrected chi connectivity index (χ4v) is 2.08. The highest BCUT2D eigenvalue weighted by molar-refractivity contribution is 6.33. The number of rotatable bonds is 3. The minimum atomic E-state index is -0.393. The third kappa shape index (κ3) is 3.97. The van der Waals surface area contributed by atoms with E-state index < -0.39 is 6.10 Å². The average molecular weight is 294 g/mol. The Morgan fingerprint density at radius 2 is 2.40 bits per heavy atom. The third-order valence-electron chi connectivity index (χ3n) is 2.92. The second-order valence-electron chi connectivity index (χ2n) is 4.46. The first kappa shape index (κ1) is 14.9. The second kappa shape index (κ2) is 7.30. The summed E-state index contributed by atoms with van der Waals surface area (Å²) < 4.78 is 5.33. The highest BCUT2D eigenvalue weighted by atomic mass is 35.5. The number of hydrogen-bond acceptors (Lipinski definition) is 3. The summed E-state index contributed by atoms with van der Waals surface area (Å²) in [6.07, 6.45) is 1.66. The summed E-state index contributed by atoms with van der Waals surface area (Å²) in [4.78, 5) is 12.0. The van der Waals surface area contributed by atoms with Crippen LogP contribution in [0.2, 0.25) is 5.02 Å². The van der Waals surface area contributed by atoms with Gasteiger partial charge in [-0.1, -0.05) is 23.4 Å². The van der Waals surface area contributed by atoms with Crippen molar-refractivity contribution >= 4 is 23.2 Å². The summed E-state index contributed by atoms with van der Waals surface area (Å²) in [6, 6.07) is 5.18. The van der Waals surface area contributed by atoms with Gasteiger partial charge in [0, 0.05) is 18.6 Å². The number of nitrogens with one attached hydrogen (secondary N) is 1. The summed E-state index contributed by atoms with van der Waals surface area (Å²) in [6.45, 7) is 0.654. The molecule has 1 aliphatic heterocycles. The van der Waals surface area contributed by atoms with E-state index in [-0.39, 0.29) is 12.5 Å². The van der Waals surface area contributed by atoms with Gasteiger partial charge in [-0.2, -0.15) is 0 Å². The number of hydrogen-bond donors (Lipinski definition) is 2. The van der Waals surface area contributed by atoms with Gasteiger partial charge in [-0.3, -0.25) is 4.79 Å². The van der Waals surface area contributed by atoms with Crippen LogP contribution in [0.1, 0.15) is 24.8 Å². The lowest BCUT2D eigenvalue weighted by molar-refractivity contribution is -0.124. The molecule has 0 aromatic heterocycles. The molecule has 1 saturated heterocycles. The van der Waals surface area contributed by atoms with Crippen LogP contribution in [0.15, 0.2) is 18.2 Å². The molecule has 5 heteroatoms. The predicted molar refractivity (Wildman–Crippen MR) is 77.6 cm³/mol.